The quantitative estimate of drug-likeness (QED) is 0.778. The monoisotopic (exact) mass is 329 g/mol. The fraction of sp³-hybridized carbons (Fsp3) is 0.250. The second-order valence-electron chi connectivity index (χ2n) is 4.67. The van der Waals surface area contributed by atoms with Crippen LogP contribution in [-0.2, 0) is 0 Å². The first-order chi connectivity index (χ1) is 10.1. The van der Waals surface area contributed by atoms with Crippen LogP contribution in [0.1, 0.15) is 30.5 Å². The summed E-state index contributed by atoms with van der Waals surface area (Å²) in [4.78, 5) is 0. The molecule has 112 valence electrons. The Morgan fingerprint density at radius 1 is 1.05 bits per heavy atom. The average Bonchev–Trinajstić information content (AvgIpc) is 2.45. The molecular weight excluding hydrogens is 315 g/mol. The Balaban J connectivity index is 2.55. The standard InChI is InChI=1S/C16H15Cl2F2N/c1-2-9-21-16(10-5-3-8-13(19)15(10)20)14-11(17)6-4-7-12(14)18/h3-8,16,21H,2,9H2,1H3. The Morgan fingerprint density at radius 2 is 1.67 bits per heavy atom. The maximum Gasteiger partial charge on any atom is 0.163 e. The molecule has 0 heterocycles. The first-order valence-corrected chi connectivity index (χ1v) is 7.43. The van der Waals surface area contributed by atoms with E-state index >= 15 is 0 Å². The molecule has 1 N–H and O–H groups in total. The number of hydrogen-bond acceptors (Lipinski definition) is 1. The van der Waals surface area contributed by atoms with Crippen molar-refractivity contribution < 1.29 is 8.78 Å². The minimum Gasteiger partial charge on any atom is -0.306 e. The second kappa shape index (κ2) is 7.21. The van der Waals surface area contributed by atoms with Gasteiger partial charge in [-0.1, -0.05) is 48.3 Å². The van der Waals surface area contributed by atoms with Crippen LogP contribution in [0.5, 0.6) is 0 Å². The number of nitrogens with one attached hydrogen (secondary N) is 1. The predicted octanol–water partition coefficient (Wildman–Crippen LogP) is 5.36. The molecule has 2 aromatic rings. The van der Waals surface area contributed by atoms with E-state index in [2.05, 4.69) is 5.32 Å². The Bertz CT molecular complexity index is 611. The minimum atomic E-state index is -0.890. The Morgan fingerprint density at radius 3 is 2.29 bits per heavy atom. The summed E-state index contributed by atoms with van der Waals surface area (Å²) in [5, 5.41) is 4.01. The van der Waals surface area contributed by atoms with Crippen LogP contribution < -0.4 is 5.32 Å². The zero-order valence-electron chi connectivity index (χ0n) is 11.5. The van der Waals surface area contributed by atoms with Crippen molar-refractivity contribution in [2.24, 2.45) is 0 Å². The largest absolute Gasteiger partial charge is 0.306 e. The lowest BCUT2D eigenvalue weighted by Gasteiger charge is -2.22. The molecule has 1 atom stereocenters. The molecule has 1 unspecified atom stereocenters. The number of rotatable bonds is 5. The summed E-state index contributed by atoms with van der Waals surface area (Å²) in [5.74, 6) is -1.78. The van der Waals surface area contributed by atoms with Gasteiger partial charge in [-0.15, -0.1) is 0 Å². The van der Waals surface area contributed by atoms with Crippen molar-refractivity contribution in [2.75, 3.05) is 6.54 Å². The third-order valence-electron chi connectivity index (χ3n) is 3.18. The third kappa shape index (κ3) is 3.54. The molecule has 0 spiro atoms. The predicted molar refractivity (Wildman–Crippen MR) is 83.0 cm³/mol. The van der Waals surface area contributed by atoms with Crippen LogP contribution in [0.2, 0.25) is 10.0 Å². The van der Waals surface area contributed by atoms with Crippen molar-refractivity contribution in [3.8, 4) is 0 Å². The van der Waals surface area contributed by atoms with Gasteiger partial charge < -0.3 is 5.32 Å². The maximum atomic E-state index is 14.1. The molecule has 0 saturated heterocycles. The molecule has 21 heavy (non-hydrogen) atoms. The van der Waals surface area contributed by atoms with Crippen molar-refractivity contribution in [1.29, 1.82) is 0 Å². The van der Waals surface area contributed by atoms with E-state index < -0.39 is 17.7 Å². The molecule has 2 rings (SSSR count). The first-order valence-electron chi connectivity index (χ1n) is 6.67. The lowest BCUT2D eigenvalue weighted by molar-refractivity contribution is 0.480. The highest BCUT2D eigenvalue weighted by Crippen LogP contribution is 2.35. The van der Waals surface area contributed by atoms with Gasteiger partial charge in [0.2, 0.25) is 0 Å². The Hall–Kier alpha value is -1.16. The summed E-state index contributed by atoms with van der Waals surface area (Å²) in [6, 6.07) is 8.57. The van der Waals surface area contributed by atoms with Crippen LogP contribution in [-0.4, -0.2) is 6.54 Å². The third-order valence-corrected chi connectivity index (χ3v) is 3.84. The molecule has 1 nitrogen and oxygen atoms in total. The van der Waals surface area contributed by atoms with Crippen LogP contribution in [0.4, 0.5) is 8.78 Å². The van der Waals surface area contributed by atoms with Crippen molar-refractivity contribution in [2.45, 2.75) is 19.4 Å². The zero-order valence-corrected chi connectivity index (χ0v) is 13.0. The van der Waals surface area contributed by atoms with Gasteiger partial charge in [-0.25, -0.2) is 8.78 Å². The average molecular weight is 330 g/mol. The van der Waals surface area contributed by atoms with Gasteiger partial charge in [-0.05, 0) is 31.2 Å². The number of halogens is 4. The minimum absolute atomic E-state index is 0.193. The summed E-state index contributed by atoms with van der Waals surface area (Å²) in [7, 11) is 0. The first kappa shape index (κ1) is 16.2. The molecule has 0 aromatic heterocycles. The SMILES string of the molecule is CCCNC(c1cccc(F)c1F)c1c(Cl)cccc1Cl. The topological polar surface area (TPSA) is 12.0 Å². The van der Waals surface area contributed by atoms with Gasteiger partial charge in [0.05, 0.1) is 6.04 Å². The van der Waals surface area contributed by atoms with Crippen molar-refractivity contribution >= 4 is 23.2 Å². The van der Waals surface area contributed by atoms with Crippen LogP contribution in [0.25, 0.3) is 0 Å². The van der Waals surface area contributed by atoms with E-state index in [0.29, 0.717) is 22.2 Å². The molecule has 0 saturated carbocycles. The van der Waals surface area contributed by atoms with E-state index in [1.807, 2.05) is 6.92 Å². The van der Waals surface area contributed by atoms with Crippen molar-refractivity contribution in [1.82, 2.24) is 5.32 Å². The van der Waals surface area contributed by atoms with Crippen molar-refractivity contribution in [3.63, 3.8) is 0 Å². The molecule has 0 bridgehead atoms. The van der Waals surface area contributed by atoms with Gasteiger partial charge in [0, 0.05) is 21.2 Å². The van der Waals surface area contributed by atoms with Crippen LogP contribution in [0, 0.1) is 11.6 Å². The fourth-order valence-electron chi connectivity index (χ4n) is 2.19. The van der Waals surface area contributed by atoms with E-state index in [4.69, 9.17) is 23.2 Å². The molecule has 0 fully saturated rings. The van der Waals surface area contributed by atoms with Crippen LogP contribution in [0.3, 0.4) is 0 Å². The van der Waals surface area contributed by atoms with E-state index in [0.717, 1.165) is 12.5 Å². The van der Waals surface area contributed by atoms with Crippen molar-refractivity contribution in [3.05, 3.63) is 69.2 Å². The summed E-state index contributed by atoms with van der Waals surface area (Å²) >= 11 is 12.4. The second-order valence-corrected chi connectivity index (χ2v) is 5.48. The maximum absolute atomic E-state index is 14.1. The van der Waals surface area contributed by atoms with Gasteiger partial charge in [0.25, 0.3) is 0 Å². The highest BCUT2D eigenvalue weighted by atomic mass is 35.5. The van der Waals surface area contributed by atoms with E-state index in [1.54, 1.807) is 18.2 Å². The Labute approximate surface area is 132 Å². The molecule has 0 radical (unpaired) electrons. The van der Waals surface area contributed by atoms with Gasteiger partial charge in [-0.3, -0.25) is 0 Å². The normalized spacial score (nSPS) is 12.4. The fourth-order valence-corrected chi connectivity index (χ4v) is 2.80. The molecule has 0 aliphatic rings. The molecule has 0 aliphatic carbocycles. The summed E-state index contributed by atoms with van der Waals surface area (Å²) in [5.41, 5.74) is 0.747. The van der Waals surface area contributed by atoms with Gasteiger partial charge >= 0.3 is 0 Å². The van der Waals surface area contributed by atoms with E-state index in [1.165, 1.54) is 12.1 Å². The number of benzene rings is 2. The van der Waals surface area contributed by atoms with Gasteiger partial charge in [0.15, 0.2) is 11.6 Å². The van der Waals surface area contributed by atoms with Crippen LogP contribution >= 0.6 is 23.2 Å². The summed E-state index contributed by atoms with van der Waals surface area (Å²) in [6.07, 6.45) is 0.843. The van der Waals surface area contributed by atoms with E-state index in [9.17, 15) is 8.78 Å². The smallest absolute Gasteiger partial charge is 0.163 e. The molecular formula is C16H15Cl2F2N. The molecule has 2 aromatic carbocycles. The lowest BCUT2D eigenvalue weighted by Crippen LogP contribution is -2.25. The van der Waals surface area contributed by atoms with Gasteiger partial charge in [0.1, 0.15) is 0 Å². The summed E-state index contributed by atoms with van der Waals surface area (Å²) in [6.45, 7) is 2.61. The number of hydrogen-bond donors (Lipinski definition) is 1. The molecule has 0 aliphatic heterocycles. The van der Waals surface area contributed by atoms with Crippen LogP contribution in [0.15, 0.2) is 36.4 Å². The highest BCUT2D eigenvalue weighted by molar-refractivity contribution is 6.36. The molecule has 5 heteroatoms. The van der Waals surface area contributed by atoms with Gasteiger partial charge in [-0.2, -0.15) is 0 Å². The highest BCUT2D eigenvalue weighted by Gasteiger charge is 2.23. The van der Waals surface area contributed by atoms with E-state index in [-0.39, 0.29) is 5.56 Å². The zero-order chi connectivity index (χ0) is 15.4. The molecule has 0 amide bonds. The lowest BCUT2D eigenvalue weighted by atomic mass is 9.97. The summed E-state index contributed by atoms with van der Waals surface area (Å²) < 4.78 is 27.6. The Kier molecular flexibility index (Phi) is 5.57.